The van der Waals surface area contributed by atoms with Crippen molar-refractivity contribution in [3.8, 4) is 0 Å². The molecule has 2 aliphatic rings. The minimum Gasteiger partial charge on any atom is -0.480 e. The molecule has 1 atom stereocenters. The number of aliphatic carboxylic acids is 1. The molecule has 1 fully saturated rings. The highest BCUT2D eigenvalue weighted by molar-refractivity contribution is 5.80. The number of hydrogen-bond donors (Lipinski definition) is 1. The lowest BCUT2D eigenvalue weighted by molar-refractivity contribution is -0.149. The van der Waals surface area contributed by atoms with Gasteiger partial charge < -0.3 is 19.6 Å². The first-order valence-corrected chi connectivity index (χ1v) is 8.50. The number of morpholine rings is 1. The Hall–Kier alpha value is -1.89. The number of carbonyl (C=O) groups excluding carboxylic acids is 2. The molecular weight excluding hydrogens is 312 g/mol. The van der Waals surface area contributed by atoms with Gasteiger partial charge >= 0.3 is 5.97 Å². The lowest BCUT2D eigenvalue weighted by atomic mass is 9.98. The molecule has 7 heteroatoms. The van der Waals surface area contributed by atoms with E-state index >= 15 is 0 Å². The molecule has 24 heavy (non-hydrogen) atoms. The molecule has 1 aliphatic heterocycles. The van der Waals surface area contributed by atoms with Crippen LogP contribution in [0.1, 0.15) is 32.6 Å². The summed E-state index contributed by atoms with van der Waals surface area (Å²) >= 11 is 0. The van der Waals surface area contributed by atoms with Gasteiger partial charge in [0.1, 0.15) is 6.54 Å². The zero-order chi connectivity index (χ0) is 17.5. The largest absolute Gasteiger partial charge is 0.480 e. The van der Waals surface area contributed by atoms with E-state index in [1.165, 1.54) is 11.8 Å². The predicted octanol–water partition coefficient (Wildman–Crippen LogP) is 0.893. The first-order chi connectivity index (χ1) is 11.5. The van der Waals surface area contributed by atoms with Crippen LogP contribution in [0, 0.1) is 5.92 Å². The van der Waals surface area contributed by atoms with Gasteiger partial charge in [-0.25, -0.2) is 0 Å². The number of hydrogen-bond acceptors (Lipinski definition) is 4. The Morgan fingerprint density at radius 1 is 1.25 bits per heavy atom. The van der Waals surface area contributed by atoms with E-state index < -0.39 is 5.97 Å². The molecule has 0 radical (unpaired) electrons. The van der Waals surface area contributed by atoms with Gasteiger partial charge in [-0.05, 0) is 25.7 Å². The summed E-state index contributed by atoms with van der Waals surface area (Å²) in [6.45, 7) is 2.56. The predicted molar refractivity (Wildman–Crippen MR) is 87.3 cm³/mol. The maximum atomic E-state index is 12.7. The molecule has 1 N–H and O–H groups in total. The quantitative estimate of drug-likeness (QED) is 0.753. The summed E-state index contributed by atoms with van der Waals surface area (Å²) in [5, 5.41) is 8.89. The lowest BCUT2D eigenvalue weighted by Crippen LogP contribution is -2.52. The van der Waals surface area contributed by atoms with Crippen molar-refractivity contribution in [2.75, 3.05) is 32.8 Å². The molecule has 0 aromatic heterocycles. The van der Waals surface area contributed by atoms with Gasteiger partial charge in [0.2, 0.25) is 11.8 Å². The minimum atomic E-state index is -1.06. The van der Waals surface area contributed by atoms with Gasteiger partial charge in [0.15, 0.2) is 0 Å². The van der Waals surface area contributed by atoms with Crippen molar-refractivity contribution in [2.24, 2.45) is 5.92 Å². The van der Waals surface area contributed by atoms with Crippen molar-refractivity contribution in [1.82, 2.24) is 9.80 Å². The van der Waals surface area contributed by atoms with Crippen LogP contribution in [0.5, 0.6) is 0 Å². The second kappa shape index (κ2) is 8.82. The van der Waals surface area contributed by atoms with Crippen LogP contribution in [0.2, 0.25) is 0 Å². The molecule has 2 rings (SSSR count). The highest BCUT2D eigenvalue weighted by atomic mass is 16.5. The molecule has 0 aromatic carbocycles. The van der Waals surface area contributed by atoms with E-state index in [0.717, 1.165) is 25.7 Å². The Balaban J connectivity index is 1.91. The molecular formula is C17H26N2O5. The number of rotatable bonds is 5. The van der Waals surface area contributed by atoms with E-state index in [9.17, 15) is 14.4 Å². The fourth-order valence-corrected chi connectivity index (χ4v) is 3.22. The van der Waals surface area contributed by atoms with Crippen molar-refractivity contribution in [3.63, 3.8) is 0 Å². The summed E-state index contributed by atoms with van der Waals surface area (Å²) < 4.78 is 5.64. The molecule has 134 valence electrons. The molecule has 0 saturated carbocycles. The summed E-state index contributed by atoms with van der Waals surface area (Å²) in [6.07, 6.45) is 7.53. The highest BCUT2D eigenvalue weighted by Gasteiger charge is 2.30. The molecule has 1 heterocycles. The Morgan fingerprint density at radius 2 is 1.92 bits per heavy atom. The zero-order valence-electron chi connectivity index (χ0n) is 14.1. The van der Waals surface area contributed by atoms with Crippen LogP contribution in [0.25, 0.3) is 0 Å². The first-order valence-electron chi connectivity index (χ1n) is 8.50. The minimum absolute atomic E-state index is 0.0432. The number of carboxylic acid groups (broad SMARTS) is 1. The van der Waals surface area contributed by atoms with Crippen molar-refractivity contribution in [2.45, 2.75) is 38.7 Å². The average molecular weight is 338 g/mol. The third-order valence-corrected chi connectivity index (χ3v) is 4.53. The second-order valence-corrected chi connectivity index (χ2v) is 6.39. The summed E-state index contributed by atoms with van der Waals surface area (Å²) in [5.74, 6) is -1.17. The van der Waals surface area contributed by atoms with Gasteiger partial charge in [-0.3, -0.25) is 14.4 Å². The van der Waals surface area contributed by atoms with Gasteiger partial charge in [0.05, 0.1) is 12.7 Å². The van der Waals surface area contributed by atoms with E-state index in [1.807, 2.05) is 4.90 Å². The van der Waals surface area contributed by atoms with E-state index in [1.54, 1.807) is 0 Å². The van der Waals surface area contributed by atoms with Crippen molar-refractivity contribution in [3.05, 3.63) is 12.2 Å². The number of nitrogens with zero attached hydrogens (tertiary/aromatic N) is 2. The SMILES string of the molecule is CC(=O)N(CC(=O)O)CC1CN(C(=O)C2CCC=CCC2)CCO1. The van der Waals surface area contributed by atoms with Crippen LogP contribution in [-0.2, 0) is 19.1 Å². The van der Waals surface area contributed by atoms with Crippen LogP contribution in [0.3, 0.4) is 0 Å². The van der Waals surface area contributed by atoms with Crippen LogP contribution in [0.15, 0.2) is 12.2 Å². The number of ether oxygens (including phenoxy) is 1. The van der Waals surface area contributed by atoms with E-state index in [4.69, 9.17) is 9.84 Å². The van der Waals surface area contributed by atoms with Crippen LogP contribution in [-0.4, -0.2) is 71.6 Å². The number of amides is 2. The Bertz CT molecular complexity index is 495. The van der Waals surface area contributed by atoms with Crippen LogP contribution >= 0.6 is 0 Å². The maximum absolute atomic E-state index is 12.7. The third-order valence-electron chi connectivity index (χ3n) is 4.53. The van der Waals surface area contributed by atoms with Gasteiger partial charge in [-0.1, -0.05) is 12.2 Å². The molecule has 7 nitrogen and oxygen atoms in total. The summed E-state index contributed by atoms with van der Waals surface area (Å²) in [6, 6.07) is 0. The standard InChI is InChI=1S/C17H26N2O5/c1-13(20)19(12-16(21)22)11-15-10-18(8-9-24-15)17(23)14-6-4-2-3-5-7-14/h2-3,14-15H,4-12H2,1H3,(H,21,22). The van der Waals surface area contributed by atoms with Gasteiger partial charge in [-0.15, -0.1) is 0 Å². The molecule has 2 amide bonds. The van der Waals surface area contributed by atoms with Crippen molar-refractivity contribution < 1.29 is 24.2 Å². The normalized spacial score (nSPS) is 22.0. The Labute approximate surface area is 142 Å². The second-order valence-electron chi connectivity index (χ2n) is 6.39. The van der Waals surface area contributed by atoms with Crippen LogP contribution in [0.4, 0.5) is 0 Å². The first kappa shape index (κ1) is 18.4. The zero-order valence-corrected chi connectivity index (χ0v) is 14.1. The Morgan fingerprint density at radius 3 is 2.50 bits per heavy atom. The summed E-state index contributed by atoms with van der Waals surface area (Å²) in [7, 11) is 0. The Kier molecular flexibility index (Phi) is 6.78. The summed E-state index contributed by atoms with van der Waals surface area (Å²) in [4.78, 5) is 38.2. The maximum Gasteiger partial charge on any atom is 0.323 e. The average Bonchev–Trinajstić information content (AvgIpc) is 2.82. The van der Waals surface area contributed by atoms with Crippen molar-refractivity contribution >= 4 is 17.8 Å². The lowest BCUT2D eigenvalue weighted by Gasteiger charge is -2.36. The smallest absolute Gasteiger partial charge is 0.323 e. The van der Waals surface area contributed by atoms with Gasteiger partial charge in [0.25, 0.3) is 0 Å². The van der Waals surface area contributed by atoms with E-state index in [0.29, 0.717) is 19.7 Å². The van der Waals surface area contributed by atoms with Gasteiger partial charge in [-0.2, -0.15) is 0 Å². The number of carbonyl (C=O) groups is 3. The molecule has 1 saturated heterocycles. The molecule has 0 bridgehead atoms. The number of allylic oxidation sites excluding steroid dienone is 2. The monoisotopic (exact) mass is 338 g/mol. The fourth-order valence-electron chi connectivity index (χ4n) is 3.22. The fraction of sp³-hybridized carbons (Fsp3) is 0.706. The highest BCUT2D eigenvalue weighted by Crippen LogP contribution is 2.22. The molecule has 1 unspecified atom stereocenters. The third kappa shape index (κ3) is 5.33. The van der Waals surface area contributed by atoms with Crippen LogP contribution < -0.4 is 0 Å². The number of carboxylic acids is 1. The van der Waals surface area contributed by atoms with Crippen molar-refractivity contribution in [1.29, 1.82) is 0 Å². The molecule has 0 spiro atoms. The summed E-state index contributed by atoms with van der Waals surface area (Å²) in [5.41, 5.74) is 0. The van der Waals surface area contributed by atoms with E-state index in [-0.39, 0.29) is 36.9 Å². The van der Waals surface area contributed by atoms with E-state index in [2.05, 4.69) is 12.2 Å². The topological polar surface area (TPSA) is 87.2 Å². The van der Waals surface area contributed by atoms with Gasteiger partial charge in [0, 0.05) is 32.5 Å². The molecule has 1 aliphatic carbocycles. The molecule has 0 aromatic rings.